The maximum atomic E-state index is 12.3. The first-order valence-electron chi connectivity index (χ1n) is 5.97. The molecule has 1 atom stereocenters. The Kier molecular flexibility index (Phi) is 3.26. The fourth-order valence-electron chi connectivity index (χ4n) is 2.21. The van der Waals surface area contributed by atoms with Crippen LogP contribution in [0.15, 0.2) is 16.6 Å². The predicted octanol–water partition coefficient (Wildman–Crippen LogP) is 2.44. The van der Waals surface area contributed by atoms with Crippen LogP contribution in [0.3, 0.4) is 0 Å². The highest BCUT2D eigenvalue weighted by Gasteiger charge is 2.27. The molecule has 2 aliphatic rings. The number of halogens is 1. The van der Waals surface area contributed by atoms with E-state index >= 15 is 0 Å². The molecule has 4 nitrogen and oxygen atoms in total. The van der Waals surface area contributed by atoms with Gasteiger partial charge < -0.3 is 14.2 Å². The van der Waals surface area contributed by atoms with Gasteiger partial charge in [-0.1, -0.05) is 0 Å². The summed E-state index contributed by atoms with van der Waals surface area (Å²) in [7, 11) is 0. The first-order valence-corrected chi connectivity index (χ1v) is 6.76. The Morgan fingerprint density at radius 3 is 2.56 bits per heavy atom. The van der Waals surface area contributed by atoms with E-state index in [1.54, 1.807) is 12.1 Å². The van der Waals surface area contributed by atoms with Crippen LogP contribution in [0.25, 0.3) is 0 Å². The van der Waals surface area contributed by atoms with Gasteiger partial charge in [-0.2, -0.15) is 0 Å². The average Bonchev–Trinajstić information content (AvgIpc) is 2.91. The number of benzene rings is 1. The van der Waals surface area contributed by atoms with Gasteiger partial charge in [0.25, 0.3) is 0 Å². The van der Waals surface area contributed by atoms with Crippen molar-refractivity contribution in [2.75, 3.05) is 26.4 Å². The molecule has 5 heteroatoms. The highest BCUT2D eigenvalue weighted by Crippen LogP contribution is 2.37. The van der Waals surface area contributed by atoms with Crippen molar-refractivity contribution in [1.29, 1.82) is 0 Å². The molecular weight excluding hydrogens is 300 g/mol. The molecule has 0 amide bonds. The van der Waals surface area contributed by atoms with Crippen molar-refractivity contribution >= 4 is 21.7 Å². The minimum absolute atomic E-state index is 0.0381. The second-order valence-corrected chi connectivity index (χ2v) is 5.25. The lowest BCUT2D eigenvalue weighted by molar-refractivity contribution is 0.0898. The quantitative estimate of drug-likeness (QED) is 0.787. The lowest BCUT2D eigenvalue weighted by atomic mass is 9.97. The summed E-state index contributed by atoms with van der Waals surface area (Å²) in [4.78, 5) is 12.3. The monoisotopic (exact) mass is 312 g/mol. The van der Waals surface area contributed by atoms with Gasteiger partial charge in [-0.3, -0.25) is 4.79 Å². The van der Waals surface area contributed by atoms with Crippen molar-refractivity contribution in [3.8, 4) is 11.5 Å². The van der Waals surface area contributed by atoms with Gasteiger partial charge in [-0.15, -0.1) is 0 Å². The first kappa shape index (κ1) is 12.0. The van der Waals surface area contributed by atoms with Crippen molar-refractivity contribution in [2.24, 2.45) is 5.92 Å². The van der Waals surface area contributed by atoms with E-state index in [1.807, 2.05) is 0 Å². The zero-order valence-electron chi connectivity index (χ0n) is 9.78. The Hall–Kier alpha value is -1.07. The Balaban J connectivity index is 1.93. The summed E-state index contributed by atoms with van der Waals surface area (Å²) >= 11 is 3.43. The summed E-state index contributed by atoms with van der Waals surface area (Å²) in [5, 5.41) is 0. The Labute approximate surface area is 113 Å². The van der Waals surface area contributed by atoms with Gasteiger partial charge in [0.05, 0.1) is 6.61 Å². The number of Topliss-reactive ketones (excluding diaryl/α,β-unsaturated/α-hetero) is 1. The first-order chi connectivity index (χ1) is 8.75. The van der Waals surface area contributed by atoms with Gasteiger partial charge in [0.15, 0.2) is 17.3 Å². The van der Waals surface area contributed by atoms with Gasteiger partial charge in [0.1, 0.15) is 13.2 Å². The summed E-state index contributed by atoms with van der Waals surface area (Å²) < 4.78 is 17.0. The fourth-order valence-corrected chi connectivity index (χ4v) is 2.73. The van der Waals surface area contributed by atoms with Crippen LogP contribution in [0.5, 0.6) is 11.5 Å². The van der Waals surface area contributed by atoms with Crippen molar-refractivity contribution in [3.63, 3.8) is 0 Å². The molecule has 1 aromatic rings. The molecule has 0 aromatic heterocycles. The van der Waals surface area contributed by atoms with E-state index in [4.69, 9.17) is 14.2 Å². The van der Waals surface area contributed by atoms with Crippen LogP contribution in [-0.2, 0) is 4.74 Å². The van der Waals surface area contributed by atoms with Crippen LogP contribution in [-0.4, -0.2) is 32.2 Å². The normalized spacial score (nSPS) is 21.9. The molecule has 18 heavy (non-hydrogen) atoms. The van der Waals surface area contributed by atoms with Gasteiger partial charge in [-0.05, 0) is 34.5 Å². The van der Waals surface area contributed by atoms with E-state index in [0.717, 1.165) is 10.9 Å². The number of ether oxygens (including phenoxy) is 3. The summed E-state index contributed by atoms with van der Waals surface area (Å²) in [6, 6.07) is 3.57. The largest absolute Gasteiger partial charge is 0.486 e. The molecule has 2 aliphatic heterocycles. The molecule has 0 bridgehead atoms. The SMILES string of the molecule is O=C(c1cc2c(cc1Br)OCCO2)C1CCOC1. The topological polar surface area (TPSA) is 44.8 Å². The van der Waals surface area contributed by atoms with E-state index in [1.165, 1.54) is 0 Å². The molecule has 0 aliphatic carbocycles. The molecule has 0 saturated carbocycles. The van der Waals surface area contributed by atoms with Gasteiger partial charge in [0, 0.05) is 22.6 Å². The van der Waals surface area contributed by atoms with E-state index < -0.39 is 0 Å². The molecule has 2 heterocycles. The predicted molar refractivity (Wildman–Crippen MR) is 68.4 cm³/mol. The number of hydrogen-bond acceptors (Lipinski definition) is 4. The number of hydrogen-bond donors (Lipinski definition) is 0. The van der Waals surface area contributed by atoms with Gasteiger partial charge in [-0.25, -0.2) is 0 Å². The smallest absolute Gasteiger partial charge is 0.169 e. The number of carbonyl (C=O) groups excluding carboxylic acids is 1. The summed E-state index contributed by atoms with van der Waals surface area (Å²) in [5.41, 5.74) is 0.648. The van der Waals surface area contributed by atoms with Crippen molar-refractivity contribution in [1.82, 2.24) is 0 Å². The molecule has 0 radical (unpaired) electrons. The average molecular weight is 313 g/mol. The maximum Gasteiger partial charge on any atom is 0.169 e. The fraction of sp³-hybridized carbons (Fsp3) is 0.462. The van der Waals surface area contributed by atoms with E-state index in [9.17, 15) is 4.79 Å². The molecule has 0 spiro atoms. The number of fused-ring (bicyclic) bond motifs is 1. The number of rotatable bonds is 2. The van der Waals surface area contributed by atoms with Crippen LogP contribution >= 0.6 is 15.9 Å². The summed E-state index contributed by atoms with van der Waals surface area (Å²) in [5.74, 6) is 1.40. The van der Waals surface area contributed by atoms with Crippen LogP contribution in [0, 0.1) is 5.92 Å². The highest BCUT2D eigenvalue weighted by atomic mass is 79.9. The lowest BCUT2D eigenvalue weighted by Gasteiger charge is -2.20. The third kappa shape index (κ3) is 2.12. The molecule has 0 N–H and O–H groups in total. The Morgan fingerprint density at radius 1 is 1.17 bits per heavy atom. The molecular formula is C13H13BrO4. The zero-order chi connectivity index (χ0) is 12.5. The minimum Gasteiger partial charge on any atom is -0.486 e. The van der Waals surface area contributed by atoms with E-state index in [-0.39, 0.29) is 11.7 Å². The summed E-state index contributed by atoms with van der Waals surface area (Å²) in [6.07, 6.45) is 0.791. The molecule has 1 aromatic carbocycles. The molecule has 1 fully saturated rings. The second-order valence-electron chi connectivity index (χ2n) is 4.40. The molecule has 96 valence electrons. The molecule has 1 saturated heterocycles. The molecule has 3 rings (SSSR count). The zero-order valence-corrected chi connectivity index (χ0v) is 11.4. The minimum atomic E-state index is -0.0381. The Morgan fingerprint density at radius 2 is 1.89 bits per heavy atom. The Bertz CT molecular complexity index is 480. The number of ketones is 1. The van der Waals surface area contributed by atoms with Crippen LogP contribution < -0.4 is 9.47 Å². The van der Waals surface area contributed by atoms with Crippen LogP contribution in [0.4, 0.5) is 0 Å². The standard InChI is InChI=1S/C13H13BrO4/c14-10-6-12-11(17-3-4-18-12)5-9(10)13(15)8-1-2-16-7-8/h5-6,8H,1-4,7H2. The van der Waals surface area contributed by atoms with Crippen molar-refractivity contribution in [3.05, 3.63) is 22.2 Å². The maximum absolute atomic E-state index is 12.3. The van der Waals surface area contributed by atoms with Gasteiger partial charge >= 0.3 is 0 Å². The second kappa shape index (κ2) is 4.90. The van der Waals surface area contributed by atoms with Crippen LogP contribution in [0.2, 0.25) is 0 Å². The van der Waals surface area contributed by atoms with E-state index in [2.05, 4.69) is 15.9 Å². The lowest BCUT2D eigenvalue weighted by Crippen LogP contribution is -2.18. The van der Waals surface area contributed by atoms with Crippen molar-refractivity contribution in [2.45, 2.75) is 6.42 Å². The molecule has 1 unspecified atom stereocenters. The highest BCUT2D eigenvalue weighted by molar-refractivity contribution is 9.10. The third-order valence-electron chi connectivity index (χ3n) is 3.20. The van der Waals surface area contributed by atoms with Gasteiger partial charge in [0.2, 0.25) is 0 Å². The number of carbonyl (C=O) groups is 1. The summed E-state index contributed by atoms with van der Waals surface area (Å²) in [6.45, 7) is 2.25. The van der Waals surface area contributed by atoms with E-state index in [0.29, 0.717) is 43.5 Å². The van der Waals surface area contributed by atoms with Crippen LogP contribution in [0.1, 0.15) is 16.8 Å². The third-order valence-corrected chi connectivity index (χ3v) is 3.85. The van der Waals surface area contributed by atoms with Crippen molar-refractivity contribution < 1.29 is 19.0 Å².